The lowest BCUT2D eigenvalue weighted by atomic mass is 9.87. The van der Waals surface area contributed by atoms with E-state index >= 15 is 0 Å². The fourth-order valence-electron chi connectivity index (χ4n) is 2.91. The number of nitro groups is 1. The molecule has 1 aliphatic carbocycles. The number of hydrogen-bond donors (Lipinski definition) is 3. The Morgan fingerprint density at radius 2 is 2.08 bits per heavy atom. The number of nitrogens with one attached hydrogen (secondary N) is 2. The van der Waals surface area contributed by atoms with Crippen molar-refractivity contribution in [1.29, 1.82) is 0 Å². The summed E-state index contributed by atoms with van der Waals surface area (Å²) < 4.78 is 0. The van der Waals surface area contributed by atoms with Crippen LogP contribution < -0.4 is 10.6 Å². The molecule has 2 amide bonds. The Labute approximate surface area is 149 Å². The Balaban J connectivity index is 1.85. The van der Waals surface area contributed by atoms with Crippen molar-refractivity contribution in [3.05, 3.63) is 38.9 Å². The fraction of sp³-hybridized carbons (Fsp3) is 0.500. The zero-order valence-electron chi connectivity index (χ0n) is 13.5. The molecule has 0 saturated heterocycles. The summed E-state index contributed by atoms with van der Waals surface area (Å²) in [6.07, 6.45) is 2.98. The molecular formula is C16H20ClN3O5. The number of halogens is 1. The highest BCUT2D eigenvalue weighted by Crippen LogP contribution is 2.26. The van der Waals surface area contributed by atoms with Gasteiger partial charge in [-0.1, -0.05) is 24.1 Å². The van der Waals surface area contributed by atoms with Crippen LogP contribution in [0.1, 0.15) is 36.0 Å². The average Bonchev–Trinajstić information content (AvgIpc) is 2.57. The van der Waals surface area contributed by atoms with Crippen LogP contribution in [0.5, 0.6) is 0 Å². The number of benzene rings is 1. The van der Waals surface area contributed by atoms with Crippen LogP contribution in [0.2, 0.25) is 5.02 Å². The van der Waals surface area contributed by atoms with Gasteiger partial charge in [0, 0.05) is 12.6 Å². The van der Waals surface area contributed by atoms with E-state index in [4.69, 9.17) is 11.6 Å². The Bertz CT molecular complexity index is 667. The molecule has 1 saturated carbocycles. The third-order valence-electron chi connectivity index (χ3n) is 4.17. The Kier molecular flexibility index (Phi) is 6.72. The first-order valence-electron chi connectivity index (χ1n) is 8.04. The average molecular weight is 370 g/mol. The highest BCUT2D eigenvalue weighted by Gasteiger charge is 2.24. The van der Waals surface area contributed by atoms with Crippen molar-refractivity contribution in [3.63, 3.8) is 0 Å². The SMILES string of the molecule is O=C(CNC(=O)c1c(Cl)cccc1[N+](=O)[O-])NC[C@@H]1CCC[C@@H](O)C1. The van der Waals surface area contributed by atoms with Gasteiger partial charge in [0.15, 0.2) is 0 Å². The van der Waals surface area contributed by atoms with Crippen LogP contribution in [-0.4, -0.2) is 41.0 Å². The fourth-order valence-corrected chi connectivity index (χ4v) is 3.16. The van der Waals surface area contributed by atoms with Crippen LogP contribution in [0.4, 0.5) is 5.69 Å². The zero-order chi connectivity index (χ0) is 18.4. The number of carbonyl (C=O) groups excluding carboxylic acids is 2. The molecule has 8 nitrogen and oxygen atoms in total. The van der Waals surface area contributed by atoms with Gasteiger partial charge < -0.3 is 15.7 Å². The van der Waals surface area contributed by atoms with E-state index in [-0.39, 0.29) is 29.2 Å². The molecule has 136 valence electrons. The van der Waals surface area contributed by atoms with Gasteiger partial charge in [-0.2, -0.15) is 0 Å². The number of hydrogen-bond acceptors (Lipinski definition) is 5. The van der Waals surface area contributed by atoms with Crippen LogP contribution in [-0.2, 0) is 4.79 Å². The first-order chi connectivity index (χ1) is 11.9. The predicted octanol–water partition coefficient (Wildman–Crippen LogP) is 1.65. The van der Waals surface area contributed by atoms with Crippen molar-refractivity contribution in [3.8, 4) is 0 Å². The molecule has 0 heterocycles. The Hall–Kier alpha value is -2.19. The molecule has 0 aliphatic heterocycles. The summed E-state index contributed by atoms with van der Waals surface area (Å²) in [4.78, 5) is 34.3. The molecule has 25 heavy (non-hydrogen) atoms. The number of aliphatic hydroxyl groups excluding tert-OH is 1. The molecule has 1 aliphatic rings. The van der Waals surface area contributed by atoms with Gasteiger partial charge in [-0.05, 0) is 31.2 Å². The quantitative estimate of drug-likeness (QED) is 0.520. The van der Waals surface area contributed by atoms with E-state index in [2.05, 4.69) is 10.6 Å². The Morgan fingerprint density at radius 1 is 1.32 bits per heavy atom. The summed E-state index contributed by atoms with van der Waals surface area (Å²) in [6, 6.07) is 3.93. The summed E-state index contributed by atoms with van der Waals surface area (Å²) in [5.74, 6) is -0.961. The number of carbonyl (C=O) groups is 2. The topological polar surface area (TPSA) is 122 Å². The van der Waals surface area contributed by atoms with Gasteiger partial charge in [0.05, 0.1) is 22.6 Å². The van der Waals surface area contributed by atoms with E-state index in [1.165, 1.54) is 18.2 Å². The van der Waals surface area contributed by atoms with E-state index in [1.807, 2.05) is 0 Å². The summed E-state index contributed by atoms with van der Waals surface area (Å²) >= 11 is 5.87. The van der Waals surface area contributed by atoms with Crippen LogP contribution in [0.25, 0.3) is 0 Å². The minimum Gasteiger partial charge on any atom is -0.393 e. The van der Waals surface area contributed by atoms with Crippen LogP contribution in [0, 0.1) is 16.0 Å². The molecule has 1 fully saturated rings. The van der Waals surface area contributed by atoms with Gasteiger partial charge in [-0.15, -0.1) is 0 Å². The summed E-state index contributed by atoms with van der Waals surface area (Å²) in [7, 11) is 0. The first-order valence-corrected chi connectivity index (χ1v) is 8.42. The maximum absolute atomic E-state index is 12.1. The van der Waals surface area contributed by atoms with E-state index in [9.17, 15) is 24.8 Å². The van der Waals surface area contributed by atoms with Crippen molar-refractivity contribution < 1.29 is 19.6 Å². The second-order valence-corrected chi connectivity index (χ2v) is 6.47. The maximum atomic E-state index is 12.1. The monoisotopic (exact) mass is 369 g/mol. The smallest absolute Gasteiger partial charge is 0.283 e. The molecule has 2 rings (SSSR count). The Morgan fingerprint density at radius 3 is 2.76 bits per heavy atom. The number of aliphatic hydroxyl groups is 1. The summed E-state index contributed by atoms with van der Waals surface area (Å²) in [5.41, 5.74) is -0.682. The van der Waals surface area contributed by atoms with Crippen molar-refractivity contribution >= 4 is 29.1 Å². The molecule has 3 N–H and O–H groups in total. The lowest BCUT2D eigenvalue weighted by Gasteiger charge is -2.25. The van der Waals surface area contributed by atoms with Crippen LogP contribution in [0.3, 0.4) is 0 Å². The van der Waals surface area contributed by atoms with Crippen molar-refractivity contribution in [2.24, 2.45) is 5.92 Å². The largest absolute Gasteiger partial charge is 0.393 e. The summed E-state index contributed by atoms with van der Waals surface area (Å²) in [5, 5.41) is 25.6. The third-order valence-corrected chi connectivity index (χ3v) is 4.48. The maximum Gasteiger partial charge on any atom is 0.283 e. The van der Waals surface area contributed by atoms with E-state index in [0.29, 0.717) is 13.0 Å². The summed E-state index contributed by atoms with van der Waals surface area (Å²) in [6.45, 7) is 0.120. The molecule has 2 atom stereocenters. The molecule has 0 spiro atoms. The predicted molar refractivity (Wildman–Crippen MR) is 91.4 cm³/mol. The van der Waals surface area contributed by atoms with Gasteiger partial charge in [-0.25, -0.2) is 0 Å². The zero-order valence-corrected chi connectivity index (χ0v) is 14.3. The van der Waals surface area contributed by atoms with E-state index in [0.717, 1.165) is 19.3 Å². The van der Waals surface area contributed by atoms with E-state index < -0.39 is 22.4 Å². The van der Waals surface area contributed by atoms with Crippen molar-refractivity contribution in [2.75, 3.05) is 13.1 Å². The molecule has 1 aromatic carbocycles. The van der Waals surface area contributed by atoms with Crippen LogP contribution in [0.15, 0.2) is 18.2 Å². The van der Waals surface area contributed by atoms with Gasteiger partial charge in [-0.3, -0.25) is 19.7 Å². The van der Waals surface area contributed by atoms with Gasteiger partial charge in [0.1, 0.15) is 5.56 Å². The highest BCUT2D eigenvalue weighted by molar-refractivity contribution is 6.34. The minimum atomic E-state index is -0.777. The molecular weight excluding hydrogens is 350 g/mol. The number of nitrogens with zero attached hydrogens (tertiary/aromatic N) is 1. The number of rotatable bonds is 6. The molecule has 0 bridgehead atoms. The van der Waals surface area contributed by atoms with E-state index in [1.54, 1.807) is 0 Å². The number of amides is 2. The van der Waals surface area contributed by atoms with Gasteiger partial charge >= 0.3 is 0 Å². The second-order valence-electron chi connectivity index (χ2n) is 6.06. The molecule has 0 unspecified atom stereocenters. The van der Waals surface area contributed by atoms with Gasteiger partial charge in [0.2, 0.25) is 5.91 Å². The molecule has 1 aromatic rings. The standard InChI is InChI=1S/C16H20ClN3O5/c17-12-5-2-6-13(20(24)25)15(12)16(23)19-9-14(22)18-8-10-3-1-4-11(21)7-10/h2,5-6,10-11,21H,1,3-4,7-9H2,(H,18,22)(H,19,23)/t10-,11-/m1/s1. The minimum absolute atomic E-state index is 0.0525. The number of nitro benzene ring substituents is 1. The first kappa shape index (κ1) is 19.1. The molecule has 0 aromatic heterocycles. The van der Waals surface area contributed by atoms with Gasteiger partial charge in [0.25, 0.3) is 11.6 Å². The molecule has 0 radical (unpaired) electrons. The van der Waals surface area contributed by atoms with Crippen molar-refractivity contribution in [1.82, 2.24) is 10.6 Å². The van der Waals surface area contributed by atoms with Crippen LogP contribution >= 0.6 is 11.6 Å². The lowest BCUT2D eigenvalue weighted by molar-refractivity contribution is -0.385. The lowest BCUT2D eigenvalue weighted by Crippen LogP contribution is -2.40. The van der Waals surface area contributed by atoms with Crippen molar-refractivity contribution in [2.45, 2.75) is 31.8 Å². The second kappa shape index (κ2) is 8.77. The normalized spacial score (nSPS) is 19.9. The third kappa shape index (κ3) is 5.40. The molecule has 9 heteroatoms. The highest BCUT2D eigenvalue weighted by atomic mass is 35.5.